The highest BCUT2D eigenvalue weighted by atomic mass is 16.6. The minimum atomic E-state index is -1.05. The largest absolute Gasteiger partial charge is 0.458 e. The summed E-state index contributed by atoms with van der Waals surface area (Å²) in [5, 5.41) is 0. The van der Waals surface area contributed by atoms with Gasteiger partial charge < -0.3 is 18.9 Å². The number of hydrogen-bond acceptors (Lipinski definition) is 8. The molecule has 0 amide bonds. The van der Waals surface area contributed by atoms with Crippen LogP contribution in [0.3, 0.4) is 0 Å². The Kier molecular flexibility index (Phi) is 8.69. The minimum absolute atomic E-state index is 0.0236. The molecule has 1 saturated carbocycles. The van der Waals surface area contributed by atoms with E-state index >= 15 is 0 Å². The topological polar surface area (TPSA) is 105 Å². The average molecular weight is 507 g/mol. The van der Waals surface area contributed by atoms with Gasteiger partial charge in [0.1, 0.15) is 23.6 Å². The van der Waals surface area contributed by atoms with E-state index in [4.69, 9.17) is 18.9 Å². The molecule has 0 radical (unpaired) electrons. The van der Waals surface area contributed by atoms with Crippen molar-refractivity contribution >= 4 is 23.7 Å². The smallest absolute Gasteiger partial charge is 0.306 e. The molecule has 8 heteroatoms. The van der Waals surface area contributed by atoms with E-state index in [1.54, 1.807) is 0 Å². The van der Waals surface area contributed by atoms with Crippen molar-refractivity contribution < 1.29 is 38.1 Å². The third-order valence-electron chi connectivity index (χ3n) is 8.17. The summed E-state index contributed by atoms with van der Waals surface area (Å²) >= 11 is 0. The monoisotopic (exact) mass is 506 g/mol. The van der Waals surface area contributed by atoms with Gasteiger partial charge in [-0.25, -0.2) is 0 Å². The first-order chi connectivity index (χ1) is 16.8. The zero-order valence-electron chi connectivity index (χ0n) is 22.7. The summed E-state index contributed by atoms with van der Waals surface area (Å²) in [5.74, 6) is -2.12. The molecule has 0 unspecified atom stereocenters. The lowest BCUT2D eigenvalue weighted by Gasteiger charge is -2.50. The van der Waals surface area contributed by atoms with Gasteiger partial charge in [-0.3, -0.25) is 19.2 Å². The molecule has 8 nitrogen and oxygen atoms in total. The normalized spacial score (nSPS) is 38.4. The SMILES string of the molecule is C=C1[C@H]2[C@@H]([C@@H](C(C)C)[C@H](OC(C)=O)[C@@H]1OC(C)=O)[C@H]1O[C@@H]2C[C@@H](C)C(=O)CC[C@@]1(C)OC(=O)CCC. The van der Waals surface area contributed by atoms with Gasteiger partial charge in [-0.05, 0) is 37.7 Å². The van der Waals surface area contributed by atoms with Crippen molar-refractivity contribution in [1.82, 2.24) is 0 Å². The number of rotatable bonds is 6. The van der Waals surface area contributed by atoms with E-state index in [1.807, 2.05) is 34.6 Å². The molecule has 0 aromatic carbocycles. The van der Waals surface area contributed by atoms with Crippen LogP contribution in [0.2, 0.25) is 0 Å². The summed E-state index contributed by atoms with van der Waals surface area (Å²) in [7, 11) is 0. The fourth-order valence-electron chi connectivity index (χ4n) is 6.64. The maximum Gasteiger partial charge on any atom is 0.306 e. The first-order valence-electron chi connectivity index (χ1n) is 13.2. The van der Waals surface area contributed by atoms with E-state index in [-0.39, 0.29) is 60.3 Å². The molecule has 3 fully saturated rings. The van der Waals surface area contributed by atoms with Gasteiger partial charge in [0.05, 0.1) is 6.10 Å². The minimum Gasteiger partial charge on any atom is -0.458 e. The second kappa shape index (κ2) is 11.0. The van der Waals surface area contributed by atoms with Crippen LogP contribution >= 0.6 is 0 Å². The van der Waals surface area contributed by atoms with Crippen molar-refractivity contribution in [3.8, 4) is 0 Å². The molecule has 9 atom stereocenters. The predicted molar refractivity (Wildman–Crippen MR) is 132 cm³/mol. The zero-order chi connectivity index (χ0) is 26.9. The second-order valence-electron chi connectivity index (χ2n) is 11.3. The number of ether oxygens (including phenoxy) is 4. The number of fused-ring (bicyclic) bond motifs is 5. The van der Waals surface area contributed by atoms with Gasteiger partial charge in [0.2, 0.25) is 0 Å². The number of Topliss-reactive ketones (excluding diaryl/α,β-unsaturated/α-hetero) is 1. The molecular formula is C28H42O8. The molecule has 2 heterocycles. The lowest BCUT2D eigenvalue weighted by molar-refractivity contribution is -0.191. The molecule has 2 saturated heterocycles. The Morgan fingerprint density at radius 3 is 2.36 bits per heavy atom. The van der Waals surface area contributed by atoms with E-state index in [0.29, 0.717) is 24.8 Å². The van der Waals surface area contributed by atoms with Crippen LogP contribution in [0.15, 0.2) is 12.2 Å². The van der Waals surface area contributed by atoms with Gasteiger partial charge in [0, 0.05) is 50.4 Å². The Balaban J connectivity index is 2.16. The highest BCUT2D eigenvalue weighted by Crippen LogP contribution is 2.56. The molecule has 202 valence electrons. The summed E-state index contributed by atoms with van der Waals surface area (Å²) < 4.78 is 24.4. The Labute approximate surface area is 214 Å². The third-order valence-corrected chi connectivity index (χ3v) is 8.17. The number of hydrogen-bond donors (Lipinski definition) is 0. The van der Waals surface area contributed by atoms with Crippen molar-refractivity contribution in [3.63, 3.8) is 0 Å². The van der Waals surface area contributed by atoms with Gasteiger partial charge >= 0.3 is 17.9 Å². The highest BCUT2D eigenvalue weighted by Gasteiger charge is 2.64. The molecule has 0 aromatic heterocycles. The van der Waals surface area contributed by atoms with Crippen molar-refractivity contribution in [1.29, 1.82) is 0 Å². The summed E-state index contributed by atoms with van der Waals surface area (Å²) in [5.41, 5.74) is -0.431. The fourth-order valence-corrected chi connectivity index (χ4v) is 6.64. The number of carbonyl (C=O) groups is 4. The van der Waals surface area contributed by atoms with Gasteiger partial charge in [0.15, 0.2) is 6.10 Å². The molecule has 0 aromatic rings. The number of esters is 3. The molecule has 2 aliphatic heterocycles. The third kappa shape index (κ3) is 5.53. The van der Waals surface area contributed by atoms with Gasteiger partial charge in [0.25, 0.3) is 0 Å². The molecule has 0 N–H and O–H groups in total. The lowest BCUT2D eigenvalue weighted by Crippen LogP contribution is -2.58. The van der Waals surface area contributed by atoms with E-state index in [2.05, 4.69) is 6.58 Å². The number of carbonyl (C=O) groups excluding carboxylic acids is 4. The van der Waals surface area contributed by atoms with E-state index in [9.17, 15) is 19.2 Å². The van der Waals surface area contributed by atoms with Crippen LogP contribution in [0.1, 0.15) is 80.6 Å². The Morgan fingerprint density at radius 1 is 1.17 bits per heavy atom. The van der Waals surface area contributed by atoms with E-state index in [0.717, 1.165) is 0 Å². The summed E-state index contributed by atoms with van der Waals surface area (Å²) in [6.45, 7) is 16.7. The second-order valence-corrected chi connectivity index (χ2v) is 11.3. The van der Waals surface area contributed by atoms with Crippen LogP contribution in [0, 0.1) is 29.6 Å². The molecule has 2 bridgehead atoms. The van der Waals surface area contributed by atoms with Crippen LogP contribution in [0.5, 0.6) is 0 Å². The van der Waals surface area contributed by atoms with Gasteiger partial charge in [-0.1, -0.05) is 34.3 Å². The van der Waals surface area contributed by atoms with Crippen molar-refractivity contribution in [2.75, 3.05) is 0 Å². The highest BCUT2D eigenvalue weighted by molar-refractivity contribution is 5.81. The van der Waals surface area contributed by atoms with Crippen LogP contribution in [0.4, 0.5) is 0 Å². The predicted octanol–water partition coefficient (Wildman–Crippen LogP) is 4.18. The molecule has 3 aliphatic rings. The quantitative estimate of drug-likeness (QED) is 0.300. The molecule has 36 heavy (non-hydrogen) atoms. The fraction of sp³-hybridized carbons (Fsp3) is 0.786. The summed E-state index contributed by atoms with van der Waals surface area (Å²) in [6.07, 6.45) is -0.435. The molecule has 3 rings (SSSR count). The zero-order valence-corrected chi connectivity index (χ0v) is 22.7. The Morgan fingerprint density at radius 2 is 1.81 bits per heavy atom. The van der Waals surface area contributed by atoms with Crippen molar-refractivity contribution in [2.45, 2.75) is 111 Å². The Hall–Kier alpha value is -2.22. The first kappa shape index (κ1) is 28.4. The van der Waals surface area contributed by atoms with Crippen LogP contribution in [0.25, 0.3) is 0 Å². The van der Waals surface area contributed by atoms with Gasteiger partial charge in [-0.15, -0.1) is 0 Å². The van der Waals surface area contributed by atoms with E-state index in [1.165, 1.54) is 13.8 Å². The maximum absolute atomic E-state index is 12.9. The maximum atomic E-state index is 12.9. The lowest BCUT2D eigenvalue weighted by atomic mass is 9.58. The Bertz CT molecular complexity index is 894. The molecular weight excluding hydrogens is 464 g/mol. The average Bonchev–Trinajstić information content (AvgIpc) is 3.14. The van der Waals surface area contributed by atoms with Gasteiger partial charge in [-0.2, -0.15) is 0 Å². The summed E-state index contributed by atoms with van der Waals surface area (Å²) in [4.78, 5) is 50.0. The molecule has 1 aliphatic carbocycles. The number of ketones is 1. The van der Waals surface area contributed by atoms with Crippen molar-refractivity contribution in [3.05, 3.63) is 12.2 Å². The molecule has 0 spiro atoms. The summed E-state index contributed by atoms with van der Waals surface area (Å²) in [6, 6.07) is 0. The van der Waals surface area contributed by atoms with E-state index < -0.39 is 35.9 Å². The van der Waals surface area contributed by atoms with Crippen LogP contribution in [-0.2, 0) is 38.1 Å². The standard InChI is InChI=1S/C28H42O8/c1-9-10-21(32)36-28(8)12-11-19(31)15(4)13-20-23-16(5)25(33-17(6)29)26(34-18(7)30)22(14(2)3)24(23)27(28)35-20/h14-15,20,22-27H,5,9-13H2,1-4,6-8H3/t15-,20-,22-,23-,24-,25-,26+,27-,28-/m1/s1. The van der Waals surface area contributed by atoms with Crippen LogP contribution < -0.4 is 0 Å². The first-order valence-corrected chi connectivity index (χ1v) is 13.2. The van der Waals surface area contributed by atoms with Crippen LogP contribution in [-0.4, -0.2) is 53.7 Å². The van der Waals surface area contributed by atoms with Crippen molar-refractivity contribution in [2.24, 2.45) is 29.6 Å².